The zero-order valence-corrected chi connectivity index (χ0v) is 15.2. The number of carbonyl (C=O) groups excluding carboxylic acids is 3. The van der Waals surface area contributed by atoms with Crippen LogP contribution in [-0.2, 0) is 23.8 Å². The fourth-order valence-electron chi connectivity index (χ4n) is 2.68. The van der Waals surface area contributed by atoms with E-state index in [0.29, 0.717) is 30.0 Å². The number of esters is 2. The average Bonchev–Trinajstić information content (AvgIpc) is 2.89. The number of carbonyl (C=O) groups is 3. The van der Waals surface area contributed by atoms with Gasteiger partial charge in [-0.2, -0.15) is 0 Å². The van der Waals surface area contributed by atoms with Crippen LogP contribution in [0.15, 0.2) is 41.1 Å². The second-order valence-electron chi connectivity index (χ2n) is 5.57. The Morgan fingerprint density at radius 1 is 1.04 bits per heavy atom. The fourth-order valence-corrected chi connectivity index (χ4v) is 2.68. The SMILES string of the molecule is COCCN1C(=O)/C(=C\c2ccc(C(=O)OC)cc2)C(C(=O)OC)=C1C. The number of nitrogens with zero attached hydrogens (tertiary/aromatic N) is 1. The molecule has 0 aromatic heterocycles. The molecule has 0 bridgehead atoms. The fraction of sp³-hybridized carbons (Fsp3) is 0.316. The summed E-state index contributed by atoms with van der Waals surface area (Å²) >= 11 is 0. The van der Waals surface area contributed by atoms with Crippen molar-refractivity contribution in [2.75, 3.05) is 34.5 Å². The molecule has 1 aromatic rings. The number of rotatable bonds is 6. The van der Waals surface area contributed by atoms with Crippen LogP contribution in [0, 0.1) is 0 Å². The van der Waals surface area contributed by atoms with E-state index in [1.807, 2.05) is 0 Å². The quantitative estimate of drug-likeness (QED) is 0.569. The van der Waals surface area contributed by atoms with Gasteiger partial charge in [0, 0.05) is 19.4 Å². The second kappa shape index (κ2) is 8.44. The molecule has 0 saturated heterocycles. The Labute approximate surface area is 151 Å². The third-order valence-electron chi connectivity index (χ3n) is 4.06. The molecular formula is C19H21NO6. The molecule has 0 aliphatic carbocycles. The first kappa shape index (κ1) is 19.4. The molecule has 1 aliphatic heterocycles. The predicted molar refractivity (Wildman–Crippen MR) is 94.1 cm³/mol. The van der Waals surface area contributed by atoms with Crippen molar-refractivity contribution in [3.8, 4) is 0 Å². The first-order chi connectivity index (χ1) is 12.4. The number of hydrogen-bond acceptors (Lipinski definition) is 6. The average molecular weight is 359 g/mol. The molecule has 1 heterocycles. The van der Waals surface area contributed by atoms with E-state index in [4.69, 9.17) is 9.47 Å². The lowest BCUT2D eigenvalue weighted by atomic mass is 10.0. The van der Waals surface area contributed by atoms with E-state index in [9.17, 15) is 14.4 Å². The van der Waals surface area contributed by atoms with Crippen LogP contribution in [0.2, 0.25) is 0 Å². The standard InChI is InChI=1S/C19H21NO6/c1-12-16(19(23)26-4)15(17(21)20(12)9-10-24-2)11-13-5-7-14(8-6-13)18(22)25-3/h5-8,11H,9-10H2,1-4H3/b15-11-. The summed E-state index contributed by atoms with van der Waals surface area (Å²) in [7, 11) is 4.12. The van der Waals surface area contributed by atoms with Gasteiger partial charge >= 0.3 is 11.9 Å². The van der Waals surface area contributed by atoms with Gasteiger partial charge in [0.05, 0.1) is 37.5 Å². The van der Waals surface area contributed by atoms with E-state index in [2.05, 4.69) is 4.74 Å². The number of allylic oxidation sites excluding steroid dienone is 1. The number of benzene rings is 1. The summed E-state index contributed by atoms with van der Waals surface area (Å²) in [5.74, 6) is -1.32. The van der Waals surface area contributed by atoms with Gasteiger partial charge < -0.3 is 19.1 Å². The molecule has 1 aromatic carbocycles. The van der Waals surface area contributed by atoms with Crippen molar-refractivity contribution in [2.24, 2.45) is 0 Å². The Balaban J connectivity index is 2.41. The van der Waals surface area contributed by atoms with Gasteiger partial charge in [-0.25, -0.2) is 9.59 Å². The number of amides is 1. The zero-order chi connectivity index (χ0) is 19.3. The highest BCUT2D eigenvalue weighted by Crippen LogP contribution is 2.31. The maximum atomic E-state index is 12.8. The summed E-state index contributed by atoms with van der Waals surface area (Å²) < 4.78 is 14.5. The molecule has 138 valence electrons. The van der Waals surface area contributed by atoms with Crippen LogP contribution < -0.4 is 0 Å². The van der Waals surface area contributed by atoms with Crippen molar-refractivity contribution >= 4 is 23.9 Å². The van der Waals surface area contributed by atoms with Crippen molar-refractivity contribution in [2.45, 2.75) is 6.92 Å². The molecule has 0 saturated carbocycles. The highest BCUT2D eigenvalue weighted by Gasteiger charge is 2.36. The van der Waals surface area contributed by atoms with Crippen molar-refractivity contribution in [3.63, 3.8) is 0 Å². The summed E-state index contributed by atoms with van der Waals surface area (Å²) in [5, 5.41) is 0. The molecule has 7 heteroatoms. The summed E-state index contributed by atoms with van der Waals surface area (Å²) in [6, 6.07) is 6.53. The Morgan fingerprint density at radius 2 is 1.65 bits per heavy atom. The van der Waals surface area contributed by atoms with Gasteiger partial charge in [-0.3, -0.25) is 4.79 Å². The minimum atomic E-state index is -0.576. The van der Waals surface area contributed by atoms with Crippen molar-refractivity contribution in [1.82, 2.24) is 4.90 Å². The third kappa shape index (κ3) is 3.83. The van der Waals surface area contributed by atoms with Crippen LogP contribution >= 0.6 is 0 Å². The van der Waals surface area contributed by atoms with E-state index in [-0.39, 0.29) is 17.1 Å². The maximum Gasteiger partial charge on any atom is 0.340 e. The molecular weight excluding hydrogens is 338 g/mol. The second-order valence-corrected chi connectivity index (χ2v) is 5.57. The Bertz CT molecular complexity index is 776. The van der Waals surface area contributed by atoms with Gasteiger partial charge in [0.2, 0.25) is 0 Å². The van der Waals surface area contributed by atoms with Crippen molar-refractivity contribution < 1.29 is 28.6 Å². The topological polar surface area (TPSA) is 82.1 Å². The third-order valence-corrected chi connectivity index (χ3v) is 4.06. The van der Waals surface area contributed by atoms with E-state index >= 15 is 0 Å². The molecule has 0 radical (unpaired) electrons. The summed E-state index contributed by atoms with van der Waals surface area (Å²) in [5.41, 5.74) is 2.07. The lowest BCUT2D eigenvalue weighted by Crippen LogP contribution is -2.28. The minimum Gasteiger partial charge on any atom is -0.465 e. The molecule has 2 rings (SSSR count). The molecule has 1 amide bonds. The monoisotopic (exact) mass is 359 g/mol. The molecule has 0 fully saturated rings. The molecule has 26 heavy (non-hydrogen) atoms. The lowest BCUT2D eigenvalue weighted by Gasteiger charge is -2.16. The largest absolute Gasteiger partial charge is 0.465 e. The summed E-state index contributed by atoms with van der Waals surface area (Å²) in [4.78, 5) is 37.9. The van der Waals surface area contributed by atoms with Crippen LogP contribution in [0.3, 0.4) is 0 Å². The maximum absolute atomic E-state index is 12.8. The summed E-state index contributed by atoms with van der Waals surface area (Å²) in [6.07, 6.45) is 1.60. The zero-order valence-electron chi connectivity index (χ0n) is 15.2. The number of hydrogen-bond donors (Lipinski definition) is 0. The predicted octanol–water partition coefficient (Wildman–Crippen LogP) is 1.79. The van der Waals surface area contributed by atoms with Crippen LogP contribution in [0.5, 0.6) is 0 Å². The van der Waals surface area contributed by atoms with Gasteiger partial charge in [-0.15, -0.1) is 0 Å². The molecule has 0 unspecified atom stereocenters. The van der Waals surface area contributed by atoms with Gasteiger partial charge in [-0.1, -0.05) is 12.1 Å². The van der Waals surface area contributed by atoms with Crippen molar-refractivity contribution in [3.05, 3.63) is 52.2 Å². The summed E-state index contributed by atoms with van der Waals surface area (Å²) in [6.45, 7) is 2.37. The Hall–Kier alpha value is -2.93. The van der Waals surface area contributed by atoms with Crippen LogP contribution in [0.1, 0.15) is 22.8 Å². The van der Waals surface area contributed by atoms with Crippen LogP contribution in [-0.4, -0.2) is 57.2 Å². The number of methoxy groups -OCH3 is 3. The minimum absolute atomic E-state index is 0.227. The van der Waals surface area contributed by atoms with E-state index in [1.54, 1.807) is 44.4 Å². The van der Waals surface area contributed by atoms with Crippen molar-refractivity contribution in [1.29, 1.82) is 0 Å². The Kier molecular flexibility index (Phi) is 6.30. The molecule has 0 spiro atoms. The van der Waals surface area contributed by atoms with Crippen LogP contribution in [0.4, 0.5) is 0 Å². The normalized spacial score (nSPS) is 15.6. The smallest absolute Gasteiger partial charge is 0.340 e. The van der Waals surface area contributed by atoms with Gasteiger partial charge in [0.15, 0.2) is 0 Å². The molecule has 0 N–H and O–H groups in total. The van der Waals surface area contributed by atoms with E-state index < -0.39 is 11.9 Å². The van der Waals surface area contributed by atoms with E-state index in [1.165, 1.54) is 19.1 Å². The first-order valence-electron chi connectivity index (χ1n) is 7.95. The molecule has 7 nitrogen and oxygen atoms in total. The highest BCUT2D eigenvalue weighted by atomic mass is 16.5. The number of ether oxygens (including phenoxy) is 3. The van der Waals surface area contributed by atoms with Gasteiger partial charge in [0.1, 0.15) is 0 Å². The first-order valence-corrected chi connectivity index (χ1v) is 7.95. The molecule has 1 aliphatic rings. The van der Waals surface area contributed by atoms with E-state index in [0.717, 1.165) is 0 Å². The molecule has 0 atom stereocenters. The van der Waals surface area contributed by atoms with Gasteiger partial charge in [-0.05, 0) is 30.7 Å². The van der Waals surface area contributed by atoms with Crippen LogP contribution in [0.25, 0.3) is 6.08 Å². The lowest BCUT2D eigenvalue weighted by molar-refractivity contribution is -0.136. The Morgan fingerprint density at radius 3 is 2.19 bits per heavy atom. The highest BCUT2D eigenvalue weighted by molar-refractivity contribution is 6.16. The van der Waals surface area contributed by atoms with Gasteiger partial charge in [0.25, 0.3) is 5.91 Å².